The largest absolute Gasteiger partial charge is 0.143 e. The number of thiophene rings is 3. The van der Waals surface area contributed by atoms with Crippen LogP contribution in [0.25, 0.3) is 51.5 Å². The van der Waals surface area contributed by atoms with Crippen molar-refractivity contribution in [2.75, 3.05) is 0 Å². The first-order chi connectivity index (χ1) is 14.4. The lowest BCUT2D eigenvalue weighted by atomic mass is 9.96. The van der Waals surface area contributed by atoms with Crippen molar-refractivity contribution in [2.24, 2.45) is 0 Å². The first kappa shape index (κ1) is 17.2. The van der Waals surface area contributed by atoms with Crippen molar-refractivity contribution in [2.45, 2.75) is 0 Å². The molecule has 3 heteroatoms. The molecule has 0 radical (unpaired) electrons. The SMILES string of the molecule is c1csc(-c2ccc(-c3ccc(-c4c5ccccc5cc5ccccc45)s3)s2)c1. The van der Waals surface area contributed by atoms with Gasteiger partial charge >= 0.3 is 0 Å². The Hall–Kier alpha value is -2.72. The molecule has 138 valence electrons. The molecule has 0 aliphatic heterocycles. The van der Waals surface area contributed by atoms with Crippen LogP contribution >= 0.6 is 34.0 Å². The quantitative estimate of drug-likeness (QED) is 0.248. The summed E-state index contributed by atoms with van der Waals surface area (Å²) in [6.45, 7) is 0. The van der Waals surface area contributed by atoms with Crippen molar-refractivity contribution in [3.63, 3.8) is 0 Å². The van der Waals surface area contributed by atoms with E-state index < -0.39 is 0 Å². The van der Waals surface area contributed by atoms with Gasteiger partial charge in [-0.25, -0.2) is 0 Å². The van der Waals surface area contributed by atoms with Gasteiger partial charge in [0.25, 0.3) is 0 Å². The van der Waals surface area contributed by atoms with E-state index in [1.54, 1.807) is 11.3 Å². The van der Waals surface area contributed by atoms with Crippen LogP contribution in [0.3, 0.4) is 0 Å². The Morgan fingerprint density at radius 3 is 1.62 bits per heavy atom. The molecule has 3 aromatic carbocycles. The molecule has 3 heterocycles. The van der Waals surface area contributed by atoms with Crippen LogP contribution in [-0.2, 0) is 0 Å². The van der Waals surface area contributed by atoms with Crippen molar-refractivity contribution < 1.29 is 0 Å². The van der Waals surface area contributed by atoms with Crippen LogP contribution in [0.15, 0.2) is 96.4 Å². The van der Waals surface area contributed by atoms with Crippen molar-refractivity contribution >= 4 is 55.6 Å². The Balaban J connectivity index is 1.52. The van der Waals surface area contributed by atoms with Gasteiger partial charge in [-0.1, -0.05) is 54.6 Å². The average Bonchev–Trinajstić information content (AvgIpc) is 3.53. The van der Waals surface area contributed by atoms with Gasteiger partial charge < -0.3 is 0 Å². The average molecular weight is 425 g/mol. The van der Waals surface area contributed by atoms with Crippen LogP contribution in [0, 0.1) is 0 Å². The van der Waals surface area contributed by atoms with E-state index in [2.05, 4.69) is 96.4 Å². The molecule has 6 rings (SSSR count). The van der Waals surface area contributed by atoms with Crippen LogP contribution in [-0.4, -0.2) is 0 Å². The van der Waals surface area contributed by atoms with Crippen molar-refractivity contribution in [3.05, 3.63) is 96.4 Å². The predicted octanol–water partition coefficient (Wildman–Crippen LogP) is 9.18. The van der Waals surface area contributed by atoms with E-state index in [1.807, 2.05) is 22.7 Å². The fraction of sp³-hybridized carbons (Fsp3) is 0. The molecule has 0 atom stereocenters. The fourth-order valence-electron chi connectivity index (χ4n) is 3.91. The third kappa shape index (κ3) is 2.94. The van der Waals surface area contributed by atoms with Crippen LogP contribution in [0.5, 0.6) is 0 Å². The van der Waals surface area contributed by atoms with Gasteiger partial charge in [0.1, 0.15) is 0 Å². The molecule has 0 bridgehead atoms. The molecule has 0 saturated heterocycles. The Labute approximate surface area is 181 Å². The Kier molecular flexibility index (Phi) is 4.12. The fourth-order valence-corrected chi connectivity index (χ4v) is 6.92. The molecule has 6 aromatic rings. The van der Waals surface area contributed by atoms with Gasteiger partial charge in [0.15, 0.2) is 0 Å². The molecule has 0 saturated carbocycles. The summed E-state index contributed by atoms with van der Waals surface area (Å²) in [5.41, 5.74) is 1.35. The van der Waals surface area contributed by atoms with E-state index in [0.717, 1.165) is 0 Å². The highest BCUT2D eigenvalue weighted by molar-refractivity contribution is 7.27. The normalized spacial score (nSPS) is 11.4. The molecule has 0 spiro atoms. The summed E-state index contributed by atoms with van der Waals surface area (Å²) in [6.07, 6.45) is 0. The first-order valence-electron chi connectivity index (χ1n) is 9.52. The monoisotopic (exact) mass is 424 g/mol. The van der Waals surface area contributed by atoms with Crippen molar-refractivity contribution in [3.8, 4) is 29.9 Å². The molecule has 0 fully saturated rings. The van der Waals surface area contributed by atoms with E-state index in [-0.39, 0.29) is 0 Å². The zero-order valence-corrected chi connectivity index (χ0v) is 17.9. The molecule has 0 N–H and O–H groups in total. The van der Waals surface area contributed by atoms with Gasteiger partial charge in [-0.05, 0) is 63.3 Å². The molecule has 0 aliphatic carbocycles. The van der Waals surface area contributed by atoms with Gasteiger partial charge in [0.2, 0.25) is 0 Å². The minimum Gasteiger partial charge on any atom is -0.143 e. The zero-order chi connectivity index (χ0) is 19.2. The van der Waals surface area contributed by atoms with E-state index >= 15 is 0 Å². The lowest BCUT2D eigenvalue weighted by Crippen LogP contribution is -1.82. The molecular formula is C26H16S3. The number of benzene rings is 3. The summed E-state index contributed by atoms with van der Waals surface area (Å²) in [6, 6.07) is 33.1. The molecule has 0 unspecified atom stereocenters. The highest BCUT2D eigenvalue weighted by atomic mass is 32.1. The minimum absolute atomic E-state index is 1.30. The van der Waals surface area contributed by atoms with Crippen LogP contribution in [0.1, 0.15) is 0 Å². The van der Waals surface area contributed by atoms with Gasteiger partial charge in [0, 0.05) is 29.9 Å². The van der Waals surface area contributed by atoms with Crippen LogP contribution < -0.4 is 0 Å². The topological polar surface area (TPSA) is 0 Å². The molecule has 29 heavy (non-hydrogen) atoms. The van der Waals surface area contributed by atoms with Gasteiger partial charge in [0.05, 0.1) is 0 Å². The number of fused-ring (bicyclic) bond motifs is 2. The van der Waals surface area contributed by atoms with E-state index in [4.69, 9.17) is 0 Å². The van der Waals surface area contributed by atoms with Crippen LogP contribution in [0.2, 0.25) is 0 Å². The maximum Gasteiger partial charge on any atom is 0.0449 e. The summed E-state index contributed by atoms with van der Waals surface area (Å²) in [5, 5.41) is 7.39. The van der Waals surface area contributed by atoms with E-state index in [9.17, 15) is 0 Å². The smallest absolute Gasteiger partial charge is 0.0449 e. The maximum atomic E-state index is 2.30. The third-order valence-electron chi connectivity index (χ3n) is 5.24. The molecular weight excluding hydrogens is 408 g/mol. The molecule has 0 aliphatic rings. The Bertz CT molecular complexity index is 1390. The second-order valence-corrected chi connectivity index (χ2v) is 10.1. The van der Waals surface area contributed by atoms with Crippen LogP contribution in [0.4, 0.5) is 0 Å². The first-order valence-corrected chi connectivity index (χ1v) is 12.0. The summed E-state index contributed by atoms with van der Waals surface area (Å²) < 4.78 is 0. The zero-order valence-electron chi connectivity index (χ0n) is 15.5. The standard InChI is InChI=1S/C26H16S3/c1-3-8-19-17(6-1)16-18-7-2-4-9-20(18)26(19)25-14-13-24(29-25)23-12-11-22(28-23)21-10-5-15-27-21/h1-16H. The van der Waals surface area contributed by atoms with Gasteiger partial charge in [-0.15, -0.1) is 34.0 Å². The third-order valence-corrected chi connectivity index (χ3v) is 8.69. The minimum atomic E-state index is 1.30. The van der Waals surface area contributed by atoms with E-state index in [0.29, 0.717) is 0 Å². The van der Waals surface area contributed by atoms with Crippen molar-refractivity contribution in [1.82, 2.24) is 0 Å². The summed E-state index contributed by atoms with van der Waals surface area (Å²) in [5.74, 6) is 0. The number of hydrogen-bond acceptors (Lipinski definition) is 3. The van der Waals surface area contributed by atoms with Crippen molar-refractivity contribution in [1.29, 1.82) is 0 Å². The maximum absolute atomic E-state index is 2.30. The second-order valence-electron chi connectivity index (χ2n) is 7.00. The number of rotatable bonds is 3. The Morgan fingerprint density at radius 1 is 0.448 bits per heavy atom. The Morgan fingerprint density at radius 2 is 1.00 bits per heavy atom. The lowest BCUT2D eigenvalue weighted by Gasteiger charge is -2.10. The highest BCUT2D eigenvalue weighted by Crippen LogP contribution is 2.44. The predicted molar refractivity (Wildman–Crippen MR) is 131 cm³/mol. The molecule has 3 aromatic heterocycles. The van der Waals surface area contributed by atoms with E-state index in [1.165, 1.54) is 51.5 Å². The summed E-state index contributed by atoms with van der Waals surface area (Å²) in [7, 11) is 0. The highest BCUT2D eigenvalue weighted by Gasteiger charge is 2.14. The van der Waals surface area contributed by atoms with Gasteiger partial charge in [-0.2, -0.15) is 0 Å². The summed E-state index contributed by atoms with van der Waals surface area (Å²) >= 11 is 5.58. The van der Waals surface area contributed by atoms with Gasteiger partial charge in [-0.3, -0.25) is 0 Å². The molecule has 0 amide bonds. The second kappa shape index (κ2) is 6.96. The molecule has 0 nitrogen and oxygen atoms in total. The number of hydrogen-bond donors (Lipinski definition) is 0. The summed E-state index contributed by atoms with van der Waals surface area (Å²) in [4.78, 5) is 6.71. The lowest BCUT2D eigenvalue weighted by molar-refractivity contribution is 1.75.